The van der Waals surface area contributed by atoms with Crippen LogP contribution < -0.4 is 0 Å². The number of carbonyl (C=O) groups is 1. The molecule has 0 bridgehead atoms. The highest BCUT2D eigenvalue weighted by atomic mass is 35.5. The quantitative estimate of drug-likeness (QED) is 0.898. The Balaban J connectivity index is 1.94. The van der Waals surface area contributed by atoms with Crippen LogP contribution in [-0.2, 0) is 4.79 Å². The molecular weight excluding hydrogens is 305 g/mol. The molecule has 1 fully saturated rings. The van der Waals surface area contributed by atoms with Crippen molar-refractivity contribution in [3.05, 3.63) is 20.3 Å². The predicted molar refractivity (Wildman–Crippen MR) is 79.3 cm³/mol. The third-order valence-corrected chi connectivity index (χ3v) is 5.31. The maximum absolute atomic E-state index is 10.7. The van der Waals surface area contributed by atoms with Gasteiger partial charge in [0.05, 0.1) is 8.67 Å². The summed E-state index contributed by atoms with van der Waals surface area (Å²) in [7, 11) is 0. The minimum atomic E-state index is -0.695. The van der Waals surface area contributed by atoms with Gasteiger partial charge >= 0.3 is 5.97 Å². The standard InChI is InChI=1S/C13H17Cl2NO2S/c1-8(10-7-11(14)19-13(10)15)16-4-2-9(3-5-16)6-12(17)18/h7-9H,2-6H2,1H3,(H,17,18). The molecule has 6 heteroatoms. The van der Waals surface area contributed by atoms with Gasteiger partial charge in [-0.15, -0.1) is 11.3 Å². The fraction of sp³-hybridized carbons (Fsp3) is 0.615. The van der Waals surface area contributed by atoms with Crippen molar-refractivity contribution < 1.29 is 9.90 Å². The fourth-order valence-electron chi connectivity index (χ4n) is 2.63. The van der Waals surface area contributed by atoms with E-state index in [-0.39, 0.29) is 12.5 Å². The minimum Gasteiger partial charge on any atom is -0.481 e. The van der Waals surface area contributed by atoms with Crippen LogP contribution in [0.4, 0.5) is 0 Å². The van der Waals surface area contributed by atoms with Crippen LogP contribution in [0, 0.1) is 5.92 Å². The van der Waals surface area contributed by atoms with Crippen molar-refractivity contribution in [2.45, 2.75) is 32.2 Å². The molecule has 1 unspecified atom stereocenters. The maximum Gasteiger partial charge on any atom is 0.303 e. The molecular formula is C13H17Cl2NO2S. The summed E-state index contributed by atoms with van der Waals surface area (Å²) in [4.78, 5) is 13.1. The van der Waals surface area contributed by atoms with E-state index in [9.17, 15) is 4.79 Å². The molecule has 0 amide bonds. The average Bonchev–Trinajstić information content (AvgIpc) is 2.68. The summed E-state index contributed by atoms with van der Waals surface area (Å²) >= 11 is 13.6. The Morgan fingerprint density at radius 3 is 2.63 bits per heavy atom. The van der Waals surface area contributed by atoms with E-state index >= 15 is 0 Å². The maximum atomic E-state index is 10.7. The van der Waals surface area contributed by atoms with Gasteiger partial charge in [-0.2, -0.15) is 0 Å². The summed E-state index contributed by atoms with van der Waals surface area (Å²) in [5.41, 5.74) is 1.08. The zero-order chi connectivity index (χ0) is 14.0. The highest BCUT2D eigenvalue weighted by molar-refractivity contribution is 7.20. The van der Waals surface area contributed by atoms with Gasteiger partial charge in [0.15, 0.2) is 0 Å². The summed E-state index contributed by atoms with van der Waals surface area (Å²) in [5.74, 6) is -0.387. The number of halogens is 2. The first kappa shape index (κ1) is 15.1. The third-order valence-electron chi connectivity index (χ3n) is 3.79. The second-order valence-corrected chi connectivity index (χ2v) is 7.32. The predicted octanol–water partition coefficient (Wildman–Crippen LogP) is 4.30. The van der Waals surface area contributed by atoms with Crippen molar-refractivity contribution in [3.8, 4) is 0 Å². The van der Waals surface area contributed by atoms with E-state index in [0.29, 0.717) is 10.3 Å². The van der Waals surface area contributed by atoms with Gasteiger partial charge in [0.1, 0.15) is 0 Å². The molecule has 1 aliphatic heterocycles. The van der Waals surface area contributed by atoms with Crippen LogP contribution in [0.2, 0.25) is 8.67 Å². The van der Waals surface area contributed by atoms with Gasteiger partial charge in [-0.1, -0.05) is 23.2 Å². The highest BCUT2D eigenvalue weighted by Gasteiger charge is 2.26. The van der Waals surface area contributed by atoms with E-state index in [2.05, 4.69) is 11.8 Å². The second kappa shape index (κ2) is 6.44. The fourth-order valence-corrected chi connectivity index (χ4v) is 4.26. The van der Waals surface area contributed by atoms with Crippen LogP contribution in [0.3, 0.4) is 0 Å². The number of thiophene rings is 1. The Labute approximate surface area is 127 Å². The summed E-state index contributed by atoms with van der Waals surface area (Å²) in [6, 6.07) is 2.17. The lowest BCUT2D eigenvalue weighted by atomic mass is 9.92. The van der Waals surface area contributed by atoms with E-state index in [0.717, 1.165) is 35.8 Å². The molecule has 1 aliphatic rings. The average molecular weight is 322 g/mol. The number of aliphatic carboxylic acids is 1. The molecule has 1 saturated heterocycles. The first-order chi connectivity index (χ1) is 8.97. The number of hydrogen-bond donors (Lipinski definition) is 1. The first-order valence-electron chi connectivity index (χ1n) is 6.38. The van der Waals surface area contributed by atoms with Gasteiger partial charge in [-0.05, 0) is 44.8 Å². The SMILES string of the molecule is CC(c1cc(Cl)sc1Cl)N1CCC(CC(=O)O)CC1. The normalized spacial score (nSPS) is 19.5. The molecule has 0 radical (unpaired) electrons. The first-order valence-corrected chi connectivity index (χ1v) is 7.95. The van der Waals surface area contributed by atoms with Crippen LogP contribution in [0.5, 0.6) is 0 Å². The van der Waals surface area contributed by atoms with Gasteiger partial charge in [0.25, 0.3) is 0 Å². The van der Waals surface area contributed by atoms with E-state index in [1.807, 2.05) is 6.07 Å². The van der Waals surface area contributed by atoms with Crippen LogP contribution >= 0.6 is 34.5 Å². The zero-order valence-corrected chi connectivity index (χ0v) is 13.1. The smallest absolute Gasteiger partial charge is 0.303 e. The Morgan fingerprint density at radius 2 is 2.16 bits per heavy atom. The largest absolute Gasteiger partial charge is 0.481 e. The molecule has 2 heterocycles. The molecule has 0 aliphatic carbocycles. The van der Waals surface area contributed by atoms with Crippen molar-refractivity contribution in [2.24, 2.45) is 5.92 Å². The molecule has 1 N–H and O–H groups in total. The van der Waals surface area contributed by atoms with Gasteiger partial charge in [-0.3, -0.25) is 9.69 Å². The third kappa shape index (κ3) is 3.85. The molecule has 1 aromatic heterocycles. The topological polar surface area (TPSA) is 40.5 Å². The van der Waals surface area contributed by atoms with Gasteiger partial charge in [-0.25, -0.2) is 0 Å². The van der Waals surface area contributed by atoms with E-state index < -0.39 is 5.97 Å². The Kier molecular flexibility index (Phi) is 5.12. The number of hydrogen-bond acceptors (Lipinski definition) is 3. The molecule has 0 spiro atoms. The molecule has 1 atom stereocenters. The van der Waals surface area contributed by atoms with Crippen molar-refractivity contribution in [1.29, 1.82) is 0 Å². The van der Waals surface area contributed by atoms with Crippen LogP contribution in [0.1, 0.15) is 37.8 Å². The van der Waals surface area contributed by atoms with Crippen molar-refractivity contribution in [1.82, 2.24) is 4.90 Å². The van der Waals surface area contributed by atoms with Crippen molar-refractivity contribution in [2.75, 3.05) is 13.1 Å². The van der Waals surface area contributed by atoms with Gasteiger partial charge < -0.3 is 5.11 Å². The molecule has 0 saturated carbocycles. The summed E-state index contributed by atoms with van der Waals surface area (Å²) in [6.07, 6.45) is 2.16. The Morgan fingerprint density at radius 1 is 1.53 bits per heavy atom. The highest BCUT2D eigenvalue weighted by Crippen LogP contribution is 2.38. The summed E-state index contributed by atoms with van der Waals surface area (Å²) in [5, 5.41) is 8.81. The zero-order valence-electron chi connectivity index (χ0n) is 10.7. The number of likely N-dealkylation sites (tertiary alicyclic amines) is 1. The number of carboxylic acids is 1. The number of rotatable bonds is 4. The van der Waals surface area contributed by atoms with E-state index in [1.165, 1.54) is 11.3 Å². The Hall–Kier alpha value is -0.290. The van der Waals surface area contributed by atoms with Gasteiger partial charge in [0.2, 0.25) is 0 Å². The number of nitrogens with zero attached hydrogens (tertiary/aromatic N) is 1. The van der Waals surface area contributed by atoms with E-state index in [4.69, 9.17) is 28.3 Å². The molecule has 2 rings (SSSR count). The lowest BCUT2D eigenvalue weighted by Gasteiger charge is -2.35. The molecule has 3 nitrogen and oxygen atoms in total. The minimum absolute atomic E-state index is 0.238. The van der Waals surface area contributed by atoms with Crippen molar-refractivity contribution in [3.63, 3.8) is 0 Å². The summed E-state index contributed by atoms with van der Waals surface area (Å²) in [6.45, 7) is 3.97. The number of piperidine rings is 1. The van der Waals surface area contributed by atoms with E-state index in [1.54, 1.807) is 0 Å². The van der Waals surface area contributed by atoms with Crippen LogP contribution in [0.25, 0.3) is 0 Å². The molecule has 1 aromatic rings. The molecule has 19 heavy (non-hydrogen) atoms. The van der Waals surface area contributed by atoms with Gasteiger partial charge in [0, 0.05) is 18.0 Å². The monoisotopic (exact) mass is 321 g/mol. The number of carboxylic acid groups (broad SMARTS) is 1. The molecule has 0 aromatic carbocycles. The van der Waals surface area contributed by atoms with Crippen molar-refractivity contribution >= 4 is 40.5 Å². The lowest BCUT2D eigenvalue weighted by Crippen LogP contribution is -2.36. The lowest BCUT2D eigenvalue weighted by molar-refractivity contribution is -0.138. The summed E-state index contributed by atoms with van der Waals surface area (Å²) < 4.78 is 1.47. The van der Waals surface area contributed by atoms with Crippen LogP contribution in [-0.4, -0.2) is 29.1 Å². The Bertz CT molecular complexity index is 455. The van der Waals surface area contributed by atoms with Crippen LogP contribution in [0.15, 0.2) is 6.07 Å². The molecule has 106 valence electrons. The second-order valence-electron chi connectivity index (χ2n) is 5.03.